The van der Waals surface area contributed by atoms with Crippen LogP contribution < -0.4 is 5.73 Å². The first-order valence-corrected chi connectivity index (χ1v) is 2.82. The molecule has 0 aromatic heterocycles. The second-order valence-corrected chi connectivity index (χ2v) is 2.47. The second kappa shape index (κ2) is 2.96. The van der Waals surface area contributed by atoms with Gasteiger partial charge in [0.25, 0.3) is 0 Å². The lowest BCUT2D eigenvalue weighted by atomic mass is 9.80. The standard InChI is InChI=1S/C5H8F3N.ClH/c6-5(7,8)3-1-4(9)2-3;/h3-4H,1-2,9H2;1H/t3-,4-;. The zero-order valence-corrected chi connectivity index (χ0v) is 6.00. The minimum absolute atomic E-state index is 0. The Morgan fingerprint density at radius 1 is 1.20 bits per heavy atom. The summed E-state index contributed by atoms with van der Waals surface area (Å²) in [6.45, 7) is 0. The van der Waals surface area contributed by atoms with Crippen LogP contribution in [0.3, 0.4) is 0 Å². The molecule has 0 aliphatic heterocycles. The third-order valence-electron chi connectivity index (χ3n) is 1.64. The number of halogens is 4. The predicted molar refractivity (Wildman–Crippen MR) is 34.0 cm³/mol. The van der Waals surface area contributed by atoms with Crippen molar-refractivity contribution in [3.8, 4) is 0 Å². The van der Waals surface area contributed by atoms with Gasteiger partial charge in [0.05, 0.1) is 5.92 Å². The van der Waals surface area contributed by atoms with Crippen LogP contribution >= 0.6 is 12.4 Å². The molecule has 1 fully saturated rings. The first kappa shape index (κ1) is 10.0. The van der Waals surface area contributed by atoms with Gasteiger partial charge in [-0.15, -0.1) is 12.4 Å². The van der Waals surface area contributed by atoms with E-state index in [1.165, 1.54) is 0 Å². The van der Waals surface area contributed by atoms with Gasteiger partial charge in [-0.2, -0.15) is 13.2 Å². The molecule has 0 atom stereocenters. The molecule has 0 aromatic carbocycles. The Bertz CT molecular complexity index is 108. The smallest absolute Gasteiger partial charge is 0.328 e. The average Bonchev–Trinajstić information content (AvgIpc) is 1.55. The van der Waals surface area contributed by atoms with Gasteiger partial charge in [0.1, 0.15) is 0 Å². The van der Waals surface area contributed by atoms with Gasteiger partial charge in [-0.25, -0.2) is 0 Å². The summed E-state index contributed by atoms with van der Waals surface area (Å²) in [6, 6.07) is -0.211. The van der Waals surface area contributed by atoms with Gasteiger partial charge in [-0.3, -0.25) is 0 Å². The Kier molecular flexibility index (Phi) is 2.98. The summed E-state index contributed by atoms with van der Waals surface area (Å²) in [5.41, 5.74) is 5.17. The summed E-state index contributed by atoms with van der Waals surface area (Å²) in [5, 5.41) is 0. The maximum Gasteiger partial charge on any atom is 0.391 e. The van der Waals surface area contributed by atoms with E-state index in [1.54, 1.807) is 0 Å². The van der Waals surface area contributed by atoms with E-state index in [1.807, 2.05) is 0 Å². The minimum Gasteiger partial charge on any atom is -0.328 e. The first-order chi connectivity index (χ1) is 4.00. The fraction of sp³-hybridized carbons (Fsp3) is 1.00. The lowest BCUT2D eigenvalue weighted by molar-refractivity contribution is -0.196. The second-order valence-electron chi connectivity index (χ2n) is 2.47. The molecule has 0 spiro atoms. The number of rotatable bonds is 0. The Balaban J connectivity index is 0.000000810. The molecule has 10 heavy (non-hydrogen) atoms. The SMILES string of the molecule is Cl.N[C@H]1C[C@H](C(F)(F)F)C1. The maximum atomic E-state index is 11.6. The van der Waals surface area contributed by atoms with Crippen molar-refractivity contribution in [3.05, 3.63) is 0 Å². The molecule has 0 heterocycles. The fourth-order valence-electron chi connectivity index (χ4n) is 0.929. The van der Waals surface area contributed by atoms with Gasteiger partial charge < -0.3 is 5.73 Å². The summed E-state index contributed by atoms with van der Waals surface area (Å²) >= 11 is 0. The molecule has 0 amide bonds. The minimum atomic E-state index is -4.00. The monoisotopic (exact) mass is 175 g/mol. The lowest BCUT2D eigenvalue weighted by Gasteiger charge is -2.33. The van der Waals surface area contributed by atoms with Crippen molar-refractivity contribution in [1.29, 1.82) is 0 Å². The molecule has 62 valence electrons. The maximum absolute atomic E-state index is 11.6. The fourth-order valence-corrected chi connectivity index (χ4v) is 0.929. The number of hydrogen-bond acceptors (Lipinski definition) is 1. The number of alkyl halides is 3. The molecule has 0 radical (unpaired) electrons. The highest BCUT2D eigenvalue weighted by Gasteiger charge is 2.46. The molecule has 2 N–H and O–H groups in total. The van der Waals surface area contributed by atoms with Crippen molar-refractivity contribution in [2.24, 2.45) is 11.7 Å². The Hall–Kier alpha value is 0.0400. The number of hydrogen-bond donors (Lipinski definition) is 1. The lowest BCUT2D eigenvalue weighted by Crippen LogP contribution is -2.43. The number of nitrogens with two attached hydrogens (primary N) is 1. The van der Waals surface area contributed by atoms with Crippen molar-refractivity contribution in [2.45, 2.75) is 25.1 Å². The first-order valence-electron chi connectivity index (χ1n) is 2.82. The van der Waals surface area contributed by atoms with Crippen LogP contribution in [-0.4, -0.2) is 12.2 Å². The summed E-state index contributed by atoms with van der Waals surface area (Å²) in [5.74, 6) is -1.12. The van der Waals surface area contributed by atoms with Gasteiger partial charge in [0.2, 0.25) is 0 Å². The van der Waals surface area contributed by atoms with E-state index in [4.69, 9.17) is 5.73 Å². The highest BCUT2D eigenvalue weighted by Crippen LogP contribution is 2.39. The summed E-state index contributed by atoms with van der Waals surface area (Å²) < 4.78 is 34.9. The van der Waals surface area contributed by atoms with Crippen LogP contribution in [0.4, 0.5) is 13.2 Å². The van der Waals surface area contributed by atoms with E-state index in [9.17, 15) is 13.2 Å². The highest BCUT2D eigenvalue weighted by atomic mass is 35.5. The molecule has 1 saturated carbocycles. The van der Waals surface area contributed by atoms with Crippen molar-refractivity contribution >= 4 is 12.4 Å². The molecule has 5 heteroatoms. The third-order valence-corrected chi connectivity index (χ3v) is 1.64. The molecular formula is C5H9ClF3N. The van der Waals surface area contributed by atoms with Crippen LogP contribution in [0.1, 0.15) is 12.8 Å². The van der Waals surface area contributed by atoms with Crippen molar-refractivity contribution < 1.29 is 13.2 Å². The van der Waals surface area contributed by atoms with E-state index in [2.05, 4.69) is 0 Å². The Labute approximate surface area is 63.2 Å². The topological polar surface area (TPSA) is 26.0 Å². The van der Waals surface area contributed by atoms with Crippen LogP contribution in [0.5, 0.6) is 0 Å². The van der Waals surface area contributed by atoms with E-state index < -0.39 is 12.1 Å². The van der Waals surface area contributed by atoms with Crippen molar-refractivity contribution in [3.63, 3.8) is 0 Å². The zero-order chi connectivity index (χ0) is 7.07. The van der Waals surface area contributed by atoms with Crippen LogP contribution in [0, 0.1) is 5.92 Å². The van der Waals surface area contributed by atoms with E-state index in [0.29, 0.717) is 0 Å². The van der Waals surface area contributed by atoms with Crippen LogP contribution in [0.2, 0.25) is 0 Å². The van der Waals surface area contributed by atoms with E-state index >= 15 is 0 Å². The largest absolute Gasteiger partial charge is 0.391 e. The average molecular weight is 176 g/mol. The normalized spacial score (nSPS) is 32.4. The predicted octanol–water partition coefficient (Wildman–Crippen LogP) is 1.71. The summed E-state index contributed by atoms with van der Waals surface area (Å²) in [6.07, 6.45) is -3.77. The van der Waals surface area contributed by atoms with Gasteiger partial charge >= 0.3 is 6.18 Å². The Morgan fingerprint density at radius 2 is 1.60 bits per heavy atom. The summed E-state index contributed by atoms with van der Waals surface area (Å²) in [7, 11) is 0. The van der Waals surface area contributed by atoms with Crippen molar-refractivity contribution in [1.82, 2.24) is 0 Å². The molecule has 0 aromatic rings. The molecule has 1 aliphatic carbocycles. The quantitative estimate of drug-likeness (QED) is 0.596. The molecular weight excluding hydrogens is 167 g/mol. The highest BCUT2D eigenvalue weighted by molar-refractivity contribution is 5.85. The van der Waals surface area contributed by atoms with Crippen LogP contribution in [0.25, 0.3) is 0 Å². The van der Waals surface area contributed by atoms with Gasteiger partial charge in [-0.1, -0.05) is 0 Å². The zero-order valence-electron chi connectivity index (χ0n) is 5.19. The summed E-state index contributed by atoms with van der Waals surface area (Å²) in [4.78, 5) is 0. The Morgan fingerprint density at radius 3 is 1.70 bits per heavy atom. The third kappa shape index (κ3) is 2.02. The van der Waals surface area contributed by atoms with E-state index in [0.717, 1.165) is 0 Å². The van der Waals surface area contributed by atoms with Gasteiger partial charge in [0.15, 0.2) is 0 Å². The molecule has 1 rings (SSSR count). The van der Waals surface area contributed by atoms with Gasteiger partial charge in [0, 0.05) is 6.04 Å². The molecule has 0 saturated heterocycles. The van der Waals surface area contributed by atoms with Crippen molar-refractivity contribution in [2.75, 3.05) is 0 Å². The molecule has 0 unspecified atom stereocenters. The molecule has 1 aliphatic rings. The van der Waals surface area contributed by atoms with Gasteiger partial charge in [-0.05, 0) is 12.8 Å². The van der Waals surface area contributed by atoms with Crippen LogP contribution in [0.15, 0.2) is 0 Å². The van der Waals surface area contributed by atoms with Crippen LogP contribution in [-0.2, 0) is 0 Å². The molecule has 1 nitrogen and oxygen atoms in total. The van der Waals surface area contributed by atoms with E-state index in [-0.39, 0.29) is 31.3 Å². The molecule has 0 bridgehead atoms.